The van der Waals surface area contributed by atoms with Gasteiger partial charge in [-0.25, -0.2) is 17.6 Å². The predicted molar refractivity (Wildman–Crippen MR) is 99.0 cm³/mol. The van der Waals surface area contributed by atoms with Crippen molar-refractivity contribution in [1.82, 2.24) is 19.2 Å². The molecule has 1 aliphatic carbocycles. The lowest BCUT2D eigenvalue weighted by Gasteiger charge is -2.29. The Morgan fingerprint density at radius 1 is 1.24 bits per heavy atom. The van der Waals surface area contributed by atoms with Crippen LogP contribution >= 0.6 is 11.6 Å². The van der Waals surface area contributed by atoms with Gasteiger partial charge in [0.05, 0.1) is 10.7 Å². The summed E-state index contributed by atoms with van der Waals surface area (Å²) in [5, 5.41) is 8.01. The van der Waals surface area contributed by atoms with E-state index in [0.29, 0.717) is 16.6 Å². The third kappa shape index (κ3) is 4.28. The first-order valence-corrected chi connectivity index (χ1v) is 9.79. The third-order valence-electron chi connectivity index (χ3n) is 4.58. The second-order valence-corrected chi connectivity index (χ2v) is 8.38. The molecule has 0 radical (unpaired) electrons. The number of nitrogens with one attached hydrogen (secondary N) is 2. The van der Waals surface area contributed by atoms with Crippen molar-refractivity contribution in [2.75, 3.05) is 14.1 Å². The van der Waals surface area contributed by atoms with E-state index in [-0.39, 0.29) is 11.9 Å². The standard InChI is InChI=1S/C17H22ClFN4OS/c1-23(2)25(24)22-14-9-5-12(6-10-14)17-15(18)16(20-21-17)11-3-7-13(19)8-4-11/h3-4,7-8,12,14,22H,5-6,9-10H2,1-2H3,(H,20,21). The first kappa shape index (κ1) is 18.5. The highest BCUT2D eigenvalue weighted by Crippen LogP contribution is 2.39. The number of hydrogen-bond acceptors (Lipinski definition) is 2. The normalized spacial score (nSPS) is 22.3. The molecule has 1 aromatic carbocycles. The van der Waals surface area contributed by atoms with Crippen LogP contribution in [-0.4, -0.2) is 38.8 Å². The topological polar surface area (TPSA) is 61.0 Å². The van der Waals surface area contributed by atoms with Gasteiger partial charge in [0, 0.05) is 31.6 Å². The number of H-pyrrole nitrogens is 1. The van der Waals surface area contributed by atoms with E-state index in [1.807, 2.05) is 0 Å². The van der Waals surface area contributed by atoms with E-state index < -0.39 is 11.2 Å². The number of aromatic amines is 1. The summed E-state index contributed by atoms with van der Waals surface area (Å²) in [5.74, 6) is 0.0246. The smallest absolute Gasteiger partial charge is 0.169 e. The molecule has 5 nitrogen and oxygen atoms in total. The highest BCUT2D eigenvalue weighted by atomic mass is 35.5. The Hall–Kier alpha value is -1.28. The maximum Gasteiger partial charge on any atom is 0.169 e. The average Bonchev–Trinajstić information content (AvgIpc) is 2.98. The van der Waals surface area contributed by atoms with Gasteiger partial charge in [-0.15, -0.1) is 0 Å². The lowest BCUT2D eigenvalue weighted by atomic mass is 9.84. The summed E-state index contributed by atoms with van der Waals surface area (Å²) >= 11 is 5.39. The first-order chi connectivity index (χ1) is 12.0. The summed E-state index contributed by atoms with van der Waals surface area (Å²) in [4.78, 5) is 0. The molecule has 0 aliphatic heterocycles. The molecule has 0 amide bonds. The molecular weight excluding hydrogens is 363 g/mol. The molecule has 25 heavy (non-hydrogen) atoms. The first-order valence-electron chi connectivity index (χ1n) is 8.30. The van der Waals surface area contributed by atoms with Gasteiger partial charge in [-0.2, -0.15) is 5.10 Å². The molecule has 1 heterocycles. The zero-order valence-corrected chi connectivity index (χ0v) is 15.8. The van der Waals surface area contributed by atoms with E-state index in [9.17, 15) is 8.60 Å². The highest BCUT2D eigenvalue weighted by molar-refractivity contribution is 7.80. The van der Waals surface area contributed by atoms with E-state index in [0.717, 1.165) is 36.9 Å². The Balaban J connectivity index is 1.66. The molecule has 3 rings (SSSR count). The van der Waals surface area contributed by atoms with Crippen LogP contribution in [0.15, 0.2) is 24.3 Å². The minimum Gasteiger partial charge on any atom is -0.280 e. The largest absolute Gasteiger partial charge is 0.280 e. The van der Waals surface area contributed by atoms with E-state index in [1.54, 1.807) is 30.5 Å². The molecule has 0 spiro atoms. The lowest BCUT2D eigenvalue weighted by molar-refractivity contribution is 0.370. The Labute approximate surface area is 154 Å². The Kier molecular flexibility index (Phi) is 5.89. The fraction of sp³-hybridized carbons (Fsp3) is 0.471. The summed E-state index contributed by atoms with van der Waals surface area (Å²) in [5.41, 5.74) is 2.39. The zero-order chi connectivity index (χ0) is 18.0. The van der Waals surface area contributed by atoms with Crippen molar-refractivity contribution < 1.29 is 8.60 Å². The molecule has 136 valence electrons. The van der Waals surface area contributed by atoms with Gasteiger partial charge in [-0.1, -0.05) is 11.6 Å². The van der Waals surface area contributed by atoms with Crippen molar-refractivity contribution >= 4 is 22.8 Å². The van der Waals surface area contributed by atoms with Crippen LogP contribution in [0.4, 0.5) is 4.39 Å². The zero-order valence-electron chi connectivity index (χ0n) is 14.3. The third-order valence-corrected chi connectivity index (χ3v) is 6.17. The van der Waals surface area contributed by atoms with Crippen LogP contribution in [0.3, 0.4) is 0 Å². The van der Waals surface area contributed by atoms with Crippen LogP contribution in [-0.2, 0) is 11.2 Å². The Morgan fingerprint density at radius 3 is 2.48 bits per heavy atom. The van der Waals surface area contributed by atoms with Crippen molar-refractivity contribution in [3.63, 3.8) is 0 Å². The van der Waals surface area contributed by atoms with E-state index in [2.05, 4.69) is 14.9 Å². The highest BCUT2D eigenvalue weighted by Gasteiger charge is 2.27. The van der Waals surface area contributed by atoms with Crippen LogP contribution in [0, 0.1) is 5.82 Å². The summed E-state index contributed by atoms with van der Waals surface area (Å²) in [6.45, 7) is 0. The molecule has 2 aromatic rings. The minimum atomic E-state index is -1.15. The van der Waals surface area contributed by atoms with Gasteiger partial charge < -0.3 is 0 Å². The maximum absolute atomic E-state index is 13.1. The maximum atomic E-state index is 13.1. The molecule has 1 unspecified atom stereocenters. The summed E-state index contributed by atoms with van der Waals surface area (Å²) in [6.07, 6.45) is 3.77. The van der Waals surface area contributed by atoms with E-state index in [4.69, 9.17) is 11.6 Å². The van der Waals surface area contributed by atoms with Gasteiger partial charge in [0.25, 0.3) is 0 Å². The number of benzene rings is 1. The van der Waals surface area contributed by atoms with Crippen molar-refractivity contribution in [3.05, 3.63) is 40.8 Å². The molecule has 1 aromatic heterocycles. The Bertz CT molecular complexity index is 742. The monoisotopic (exact) mass is 384 g/mol. The van der Waals surface area contributed by atoms with Crippen LogP contribution in [0.2, 0.25) is 5.02 Å². The summed E-state index contributed by atoms with van der Waals surface area (Å²) in [6, 6.07) is 6.42. The molecule has 0 saturated heterocycles. The minimum absolute atomic E-state index is 0.248. The molecule has 1 aliphatic rings. The van der Waals surface area contributed by atoms with Gasteiger partial charge in [-0.3, -0.25) is 5.10 Å². The lowest BCUT2D eigenvalue weighted by Crippen LogP contribution is -2.39. The van der Waals surface area contributed by atoms with Gasteiger partial charge >= 0.3 is 0 Å². The van der Waals surface area contributed by atoms with E-state index in [1.165, 1.54) is 12.1 Å². The van der Waals surface area contributed by atoms with Gasteiger partial charge in [0.15, 0.2) is 11.2 Å². The molecule has 2 N–H and O–H groups in total. The average molecular weight is 385 g/mol. The number of hydrogen-bond donors (Lipinski definition) is 2. The quantitative estimate of drug-likeness (QED) is 0.826. The Morgan fingerprint density at radius 2 is 1.88 bits per heavy atom. The second kappa shape index (κ2) is 7.95. The van der Waals surface area contributed by atoms with Gasteiger partial charge in [0.2, 0.25) is 0 Å². The predicted octanol–water partition coefficient (Wildman–Crippen LogP) is 3.63. The van der Waals surface area contributed by atoms with Crippen molar-refractivity contribution in [2.45, 2.75) is 37.6 Å². The van der Waals surface area contributed by atoms with Gasteiger partial charge in [0.1, 0.15) is 11.5 Å². The fourth-order valence-electron chi connectivity index (χ4n) is 3.16. The SMILES string of the molecule is CN(C)S(=O)NC1CCC(c2[nH]nc(-c3ccc(F)cc3)c2Cl)CC1. The number of halogens is 2. The van der Waals surface area contributed by atoms with Crippen LogP contribution in [0.25, 0.3) is 11.3 Å². The molecule has 0 bridgehead atoms. The molecule has 1 atom stereocenters. The van der Waals surface area contributed by atoms with Crippen LogP contribution in [0.1, 0.15) is 37.3 Å². The van der Waals surface area contributed by atoms with Crippen molar-refractivity contribution in [3.8, 4) is 11.3 Å². The van der Waals surface area contributed by atoms with Crippen LogP contribution in [0.5, 0.6) is 0 Å². The molecule has 1 fully saturated rings. The summed E-state index contributed by atoms with van der Waals surface area (Å²) < 4.78 is 29.8. The molecule has 1 saturated carbocycles. The second-order valence-electron chi connectivity index (χ2n) is 6.53. The van der Waals surface area contributed by atoms with Crippen LogP contribution < -0.4 is 4.72 Å². The number of nitrogens with zero attached hydrogens (tertiary/aromatic N) is 2. The van der Waals surface area contributed by atoms with E-state index >= 15 is 0 Å². The van der Waals surface area contributed by atoms with Crippen molar-refractivity contribution in [1.29, 1.82) is 0 Å². The number of aromatic nitrogens is 2. The molecular formula is C17H22ClFN4OS. The van der Waals surface area contributed by atoms with Gasteiger partial charge in [-0.05, 0) is 49.9 Å². The molecule has 8 heteroatoms. The van der Waals surface area contributed by atoms with Crippen molar-refractivity contribution in [2.24, 2.45) is 0 Å². The summed E-state index contributed by atoms with van der Waals surface area (Å²) in [7, 11) is 3.58. The fourth-order valence-corrected chi connectivity index (χ4v) is 4.24. The number of rotatable bonds is 5.